The van der Waals surface area contributed by atoms with E-state index in [1.165, 1.54) is 10.7 Å². The molecule has 1 saturated carbocycles. The second kappa shape index (κ2) is 10.4. The fourth-order valence-electron chi connectivity index (χ4n) is 4.71. The van der Waals surface area contributed by atoms with Crippen LogP contribution in [-0.4, -0.2) is 49.9 Å². The molecule has 0 spiro atoms. The van der Waals surface area contributed by atoms with Crippen molar-refractivity contribution in [1.82, 2.24) is 30.1 Å². The van der Waals surface area contributed by atoms with Crippen LogP contribution in [0.5, 0.6) is 0 Å². The number of aromatic nitrogens is 5. The van der Waals surface area contributed by atoms with Gasteiger partial charge in [0.15, 0.2) is 22.9 Å². The third kappa shape index (κ3) is 5.30. The number of aryl methyl sites for hydroxylation is 1. The molecular weight excluding hydrogens is 518 g/mol. The van der Waals surface area contributed by atoms with Gasteiger partial charge in [-0.3, -0.25) is 0 Å². The lowest BCUT2D eigenvalue weighted by atomic mass is 10.0. The SMILES string of the molecule is Cc1cc(CNC2CCN(c3cc(C#N)cc(Nc4nc(NC5CC5)c5ncc(C#N)n5n4)c3Cl)CC2)on1. The monoisotopic (exact) mass is 543 g/mol. The van der Waals surface area contributed by atoms with E-state index < -0.39 is 0 Å². The molecule has 13 heteroatoms. The van der Waals surface area contributed by atoms with Gasteiger partial charge in [0.2, 0.25) is 5.95 Å². The molecule has 1 aliphatic heterocycles. The lowest BCUT2D eigenvalue weighted by Crippen LogP contribution is -2.42. The van der Waals surface area contributed by atoms with Gasteiger partial charge in [-0.15, -0.1) is 5.10 Å². The Morgan fingerprint density at radius 2 is 1.92 bits per heavy atom. The van der Waals surface area contributed by atoms with E-state index in [2.05, 4.69) is 53.2 Å². The molecule has 198 valence electrons. The smallest absolute Gasteiger partial charge is 0.247 e. The summed E-state index contributed by atoms with van der Waals surface area (Å²) >= 11 is 6.90. The Kier molecular flexibility index (Phi) is 6.65. The summed E-state index contributed by atoms with van der Waals surface area (Å²) in [5.74, 6) is 1.61. The van der Waals surface area contributed by atoms with Crippen LogP contribution in [0.25, 0.3) is 5.65 Å². The minimum absolute atomic E-state index is 0.244. The number of nitrogens with zero attached hydrogens (tertiary/aromatic N) is 8. The summed E-state index contributed by atoms with van der Waals surface area (Å²) < 4.78 is 6.76. The van der Waals surface area contributed by atoms with E-state index in [1.54, 1.807) is 6.07 Å². The van der Waals surface area contributed by atoms with Crippen molar-refractivity contribution < 1.29 is 4.52 Å². The largest absolute Gasteiger partial charge is 0.370 e. The number of fused-ring (bicyclic) bond motifs is 1. The van der Waals surface area contributed by atoms with Crippen LogP contribution in [0.2, 0.25) is 5.02 Å². The normalized spacial score (nSPS) is 15.7. The number of benzene rings is 1. The third-order valence-corrected chi connectivity index (χ3v) is 7.30. The van der Waals surface area contributed by atoms with Gasteiger partial charge >= 0.3 is 0 Å². The minimum atomic E-state index is 0.244. The van der Waals surface area contributed by atoms with Gasteiger partial charge in [0.05, 0.1) is 46.5 Å². The number of piperidine rings is 1. The summed E-state index contributed by atoms with van der Waals surface area (Å²) in [6, 6.07) is 10.4. The number of imidazole rings is 1. The third-order valence-electron chi connectivity index (χ3n) is 6.90. The summed E-state index contributed by atoms with van der Waals surface area (Å²) in [5, 5.41) is 38.2. The summed E-state index contributed by atoms with van der Waals surface area (Å²) in [7, 11) is 0. The van der Waals surface area contributed by atoms with Gasteiger partial charge in [-0.25, -0.2) is 4.98 Å². The number of nitrogens with one attached hydrogen (secondary N) is 3. The summed E-state index contributed by atoms with van der Waals surface area (Å²) in [4.78, 5) is 11.1. The van der Waals surface area contributed by atoms with Crippen LogP contribution < -0.4 is 20.9 Å². The summed E-state index contributed by atoms with van der Waals surface area (Å²) in [6.07, 6.45) is 5.40. The van der Waals surface area contributed by atoms with Gasteiger partial charge in [0, 0.05) is 31.2 Å². The van der Waals surface area contributed by atoms with Crippen molar-refractivity contribution in [2.24, 2.45) is 0 Å². The molecule has 6 rings (SSSR count). The molecule has 0 bridgehead atoms. The van der Waals surface area contributed by atoms with Crippen LogP contribution in [-0.2, 0) is 6.54 Å². The quantitative estimate of drug-likeness (QED) is 0.296. The van der Waals surface area contributed by atoms with Crippen molar-refractivity contribution in [3.8, 4) is 12.1 Å². The van der Waals surface area contributed by atoms with E-state index >= 15 is 0 Å². The molecule has 1 aliphatic carbocycles. The number of nitriles is 2. The maximum atomic E-state index is 9.74. The molecule has 2 fully saturated rings. The molecule has 4 heterocycles. The van der Waals surface area contributed by atoms with Gasteiger partial charge < -0.3 is 25.4 Å². The first-order valence-electron chi connectivity index (χ1n) is 12.8. The molecule has 2 aliphatic rings. The number of rotatable bonds is 8. The van der Waals surface area contributed by atoms with Crippen molar-refractivity contribution in [3.63, 3.8) is 0 Å². The highest BCUT2D eigenvalue weighted by molar-refractivity contribution is 6.36. The lowest BCUT2D eigenvalue weighted by Gasteiger charge is -2.34. The standard InChI is InChI=1S/C26H26ClN11O/c1-15-8-20(39-36-15)14-30-17-4-6-37(7-5-17)22-10-16(11-28)9-21(23(22)27)33-26-34-24(32-18-2-3-18)25-31-13-19(12-29)38(25)35-26/h8-10,13,17-18,30H,2-7,14H2,1H3,(H2,32,33,34,35). The number of hydrogen-bond donors (Lipinski definition) is 3. The van der Waals surface area contributed by atoms with E-state index in [0.29, 0.717) is 52.1 Å². The zero-order valence-corrected chi connectivity index (χ0v) is 22.0. The second-order valence-corrected chi connectivity index (χ2v) is 10.2. The molecule has 0 atom stereocenters. The van der Waals surface area contributed by atoms with Gasteiger partial charge in [-0.2, -0.15) is 20.0 Å². The van der Waals surface area contributed by atoms with E-state index in [-0.39, 0.29) is 5.95 Å². The van der Waals surface area contributed by atoms with Crippen molar-refractivity contribution in [3.05, 3.63) is 52.1 Å². The fourth-order valence-corrected chi connectivity index (χ4v) is 4.99. The highest BCUT2D eigenvalue weighted by Crippen LogP contribution is 2.37. The van der Waals surface area contributed by atoms with E-state index in [9.17, 15) is 10.5 Å². The summed E-state index contributed by atoms with van der Waals surface area (Å²) in [5.41, 5.74) is 3.41. The van der Waals surface area contributed by atoms with Crippen LogP contribution in [0.4, 0.5) is 23.1 Å². The van der Waals surface area contributed by atoms with Gasteiger partial charge in [-0.05, 0) is 44.7 Å². The topological polar surface area (TPSA) is 156 Å². The fraction of sp³-hybridized carbons (Fsp3) is 0.385. The van der Waals surface area contributed by atoms with Crippen molar-refractivity contribution in [2.75, 3.05) is 28.6 Å². The highest BCUT2D eigenvalue weighted by atomic mass is 35.5. The second-order valence-electron chi connectivity index (χ2n) is 9.86. The van der Waals surface area contributed by atoms with Crippen LogP contribution in [0.1, 0.15) is 48.4 Å². The molecule has 0 radical (unpaired) electrons. The molecule has 1 aromatic carbocycles. The Balaban J connectivity index is 1.22. The van der Waals surface area contributed by atoms with Crippen LogP contribution in [0.3, 0.4) is 0 Å². The van der Waals surface area contributed by atoms with Crippen molar-refractivity contribution in [1.29, 1.82) is 10.5 Å². The molecule has 0 amide bonds. The zero-order chi connectivity index (χ0) is 26.9. The predicted molar refractivity (Wildman–Crippen MR) is 145 cm³/mol. The first-order chi connectivity index (χ1) is 19.0. The summed E-state index contributed by atoms with van der Waals surface area (Å²) in [6.45, 7) is 4.10. The Morgan fingerprint density at radius 3 is 2.62 bits per heavy atom. The van der Waals surface area contributed by atoms with Crippen LogP contribution in [0, 0.1) is 29.6 Å². The first-order valence-corrected chi connectivity index (χ1v) is 13.2. The maximum absolute atomic E-state index is 9.74. The Labute approximate surface area is 229 Å². The number of anilines is 4. The number of hydrogen-bond acceptors (Lipinski definition) is 11. The Hall–Kier alpha value is -4.39. The molecule has 0 unspecified atom stereocenters. The Morgan fingerprint density at radius 1 is 1.10 bits per heavy atom. The molecule has 12 nitrogen and oxygen atoms in total. The van der Waals surface area contributed by atoms with Crippen LogP contribution in [0.15, 0.2) is 28.9 Å². The average molecular weight is 544 g/mol. The molecular formula is C26H26ClN11O. The molecule has 1 saturated heterocycles. The van der Waals surface area contributed by atoms with E-state index in [0.717, 1.165) is 55.9 Å². The average Bonchev–Trinajstić information content (AvgIpc) is 3.51. The van der Waals surface area contributed by atoms with Gasteiger partial charge in [0.1, 0.15) is 6.07 Å². The number of halogens is 1. The van der Waals surface area contributed by atoms with Crippen molar-refractivity contribution >= 4 is 40.4 Å². The van der Waals surface area contributed by atoms with Gasteiger partial charge in [-0.1, -0.05) is 16.8 Å². The highest BCUT2D eigenvalue weighted by Gasteiger charge is 2.26. The van der Waals surface area contributed by atoms with Crippen molar-refractivity contribution in [2.45, 2.75) is 51.2 Å². The molecule has 39 heavy (non-hydrogen) atoms. The Bertz CT molecular complexity index is 1600. The maximum Gasteiger partial charge on any atom is 0.247 e. The van der Waals surface area contributed by atoms with Crippen LogP contribution >= 0.6 is 11.6 Å². The van der Waals surface area contributed by atoms with E-state index in [4.69, 9.17) is 16.1 Å². The zero-order valence-electron chi connectivity index (χ0n) is 21.3. The molecule has 3 aromatic heterocycles. The van der Waals surface area contributed by atoms with E-state index in [1.807, 2.05) is 19.1 Å². The molecule has 3 N–H and O–H groups in total. The minimum Gasteiger partial charge on any atom is -0.370 e. The first kappa shape index (κ1) is 24.9. The van der Waals surface area contributed by atoms with Gasteiger partial charge in [0.25, 0.3) is 0 Å². The molecule has 4 aromatic rings. The lowest BCUT2D eigenvalue weighted by molar-refractivity contribution is 0.344. The predicted octanol–water partition coefficient (Wildman–Crippen LogP) is 3.89.